The maximum atomic E-state index is 12.0. The molecule has 0 aliphatic rings. The van der Waals surface area contributed by atoms with Gasteiger partial charge in [0.25, 0.3) is 5.91 Å². The molecular weight excluding hydrogens is 272 g/mol. The number of carbonyl (C=O) groups is 2. The summed E-state index contributed by atoms with van der Waals surface area (Å²) >= 11 is 0. The molecule has 2 atom stereocenters. The lowest BCUT2D eigenvalue weighted by Crippen LogP contribution is -2.35. The minimum atomic E-state index is -0.670. The number of esters is 1. The number of aliphatic hydroxyl groups is 1. The van der Waals surface area contributed by atoms with E-state index in [1.807, 2.05) is 13.8 Å². The average molecular weight is 296 g/mol. The highest BCUT2D eigenvalue weighted by Gasteiger charge is 2.21. The van der Waals surface area contributed by atoms with Gasteiger partial charge in [-0.3, -0.25) is 4.79 Å². The van der Waals surface area contributed by atoms with Crippen molar-refractivity contribution in [1.29, 1.82) is 0 Å². The molecule has 3 N–H and O–H groups in total. The van der Waals surface area contributed by atoms with E-state index in [1.165, 1.54) is 0 Å². The summed E-state index contributed by atoms with van der Waals surface area (Å²) in [4.78, 5) is 26.5. The van der Waals surface area contributed by atoms with E-state index in [9.17, 15) is 14.7 Å². The normalized spacial score (nSPS) is 13.6. The average Bonchev–Trinajstić information content (AvgIpc) is 2.71. The topological polar surface area (TPSA) is 91.4 Å². The van der Waals surface area contributed by atoms with E-state index in [-0.39, 0.29) is 24.2 Å². The molecule has 1 amide bonds. The third kappa shape index (κ3) is 4.32. The van der Waals surface area contributed by atoms with Crippen molar-refractivity contribution in [1.82, 2.24) is 10.3 Å². The second-order valence-corrected chi connectivity index (χ2v) is 5.29. The predicted molar refractivity (Wildman–Crippen MR) is 79.1 cm³/mol. The van der Waals surface area contributed by atoms with Crippen molar-refractivity contribution < 1.29 is 19.4 Å². The lowest BCUT2D eigenvalue weighted by atomic mass is 10.1. The second kappa shape index (κ2) is 7.26. The summed E-state index contributed by atoms with van der Waals surface area (Å²) in [5, 5.41) is 12.4. The molecule has 1 aromatic rings. The van der Waals surface area contributed by atoms with Gasteiger partial charge in [0.05, 0.1) is 6.10 Å². The Morgan fingerprint density at radius 3 is 2.43 bits per heavy atom. The van der Waals surface area contributed by atoms with Crippen LogP contribution in [0.2, 0.25) is 0 Å². The second-order valence-electron chi connectivity index (χ2n) is 5.29. The molecule has 0 aliphatic carbocycles. The first-order valence-corrected chi connectivity index (χ1v) is 7.11. The van der Waals surface area contributed by atoms with Crippen molar-refractivity contribution in [3.8, 4) is 0 Å². The van der Waals surface area contributed by atoms with Crippen LogP contribution in [-0.4, -0.2) is 34.6 Å². The number of amides is 1. The minimum absolute atomic E-state index is 0.0486. The van der Waals surface area contributed by atoms with Crippen molar-refractivity contribution in [2.24, 2.45) is 0 Å². The Morgan fingerprint density at radius 2 is 1.95 bits per heavy atom. The molecule has 1 rings (SSSR count). The van der Waals surface area contributed by atoms with Crippen LogP contribution in [0.5, 0.6) is 0 Å². The van der Waals surface area contributed by atoms with Crippen LogP contribution < -0.4 is 5.32 Å². The molecule has 0 fully saturated rings. The van der Waals surface area contributed by atoms with Gasteiger partial charge >= 0.3 is 5.97 Å². The number of rotatable bonds is 6. The first-order valence-electron chi connectivity index (χ1n) is 7.11. The number of aryl methyl sites for hydroxylation is 1. The molecule has 21 heavy (non-hydrogen) atoms. The van der Waals surface area contributed by atoms with Gasteiger partial charge in [0, 0.05) is 17.3 Å². The first-order chi connectivity index (χ1) is 9.77. The molecule has 0 saturated carbocycles. The summed E-state index contributed by atoms with van der Waals surface area (Å²) in [6.07, 6.45) is 0.142. The van der Waals surface area contributed by atoms with Crippen LogP contribution in [0.1, 0.15) is 60.6 Å². The fraction of sp³-hybridized carbons (Fsp3) is 0.600. The van der Waals surface area contributed by atoms with Gasteiger partial charge in [0.15, 0.2) is 6.61 Å². The largest absolute Gasteiger partial charge is 0.451 e. The van der Waals surface area contributed by atoms with Crippen LogP contribution in [0.3, 0.4) is 0 Å². The molecule has 0 aromatic carbocycles. The summed E-state index contributed by atoms with van der Waals surface area (Å²) in [5.74, 6) is -0.920. The summed E-state index contributed by atoms with van der Waals surface area (Å²) < 4.78 is 5.00. The number of aliphatic hydroxyl groups excluding tert-OH is 1. The number of carbonyl (C=O) groups excluding carboxylic acids is 2. The quantitative estimate of drug-likeness (QED) is 0.697. The van der Waals surface area contributed by atoms with E-state index in [4.69, 9.17) is 4.74 Å². The van der Waals surface area contributed by atoms with E-state index in [0.29, 0.717) is 11.1 Å². The summed E-state index contributed by atoms with van der Waals surface area (Å²) in [5.41, 5.74) is 2.33. The molecule has 0 aliphatic heterocycles. The molecule has 1 heterocycles. The van der Waals surface area contributed by atoms with Crippen LogP contribution in [-0.2, 0) is 9.53 Å². The zero-order valence-electron chi connectivity index (χ0n) is 13.2. The Hall–Kier alpha value is -1.82. The van der Waals surface area contributed by atoms with Crippen molar-refractivity contribution in [2.45, 2.75) is 53.2 Å². The Balaban J connectivity index is 2.69. The smallest absolute Gasteiger partial charge is 0.355 e. The molecule has 6 heteroatoms. The van der Waals surface area contributed by atoms with Gasteiger partial charge in [0.1, 0.15) is 5.69 Å². The highest BCUT2D eigenvalue weighted by atomic mass is 16.5. The third-order valence-corrected chi connectivity index (χ3v) is 3.47. The fourth-order valence-electron chi connectivity index (χ4n) is 2.22. The zero-order valence-corrected chi connectivity index (χ0v) is 13.2. The number of nitrogens with one attached hydrogen (secondary N) is 2. The van der Waals surface area contributed by atoms with Crippen LogP contribution in [0, 0.1) is 13.8 Å². The lowest BCUT2D eigenvalue weighted by molar-refractivity contribution is -0.124. The highest BCUT2D eigenvalue weighted by molar-refractivity contribution is 5.91. The predicted octanol–water partition coefficient (Wildman–Crippen LogP) is 1.76. The summed E-state index contributed by atoms with van der Waals surface area (Å²) in [6.45, 7) is 8.68. The van der Waals surface area contributed by atoms with Crippen LogP contribution >= 0.6 is 0 Å². The number of aromatic nitrogens is 1. The molecule has 0 radical (unpaired) electrons. The van der Waals surface area contributed by atoms with Gasteiger partial charge in [-0.15, -0.1) is 0 Å². The van der Waals surface area contributed by atoms with Crippen LogP contribution in [0.4, 0.5) is 0 Å². The number of hydrogen-bond acceptors (Lipinski definition) is 4. The molecule has 1 aromatic heterocycles. The first kappa shape index (κ1) is 17.2. The van der Waals surface area contributed by atoms with Gasteiger partial charge in [-0.1, -0.05) is 6.92 Å². The lowest BCUT2D eigenvalue weighted by Gasteiger charge is -2.11. The Morgan fingerprint density at radius 1 is 1.33 bits per heavy atom. The fourth-order valence-corrected chi connectivity index (χ4v) is 2.22. The van der Waals surface area contributed by atoms with Crippen LogP contribution in [0.15, 0.2) is 0 Å². The molecule has 118 valence electrons. The van der Waals surface area contributed by atoms with E-state index in [0.717, 1.165) is 12.1 Å². The summed E-state index contributed by atoms with van der Waals surface area (Å²) in [7, 11) is 0. The van der Waals surface area contributed by atoms with Gasteiger partial charge in [-0.2, -0.15) is 0 Å². The number of aromatic amines is 1. The van der Waals surface area contributed by atoms with Crippen LogP contribution in [0.25, 0.3) is 0 Å². The number of H-pyrrole nitrogens is 1. The van der Waals surface area contributed by atoms with Crippen molar-refractivity contribution in [3.63, 3.8) is 0 Å². The number of ether oxygens (including phenoxy) is 1. The minimum Gasteiger partial charge on any atom is -0.451 e. The SMILES string of the molecule is CC[C@@H](C)NC(=O)COC(=O)c1[nH]c(C)c([C@@H](C)O)c1C. The molecule has 0 unspecified atom stereocenters. The van der Waals surface area contributed by atoms with Gasteiger partial charge in [0.2, 0.25) is 0 Å². The molecule has 6 nitrogen and oxygen atoms in total. The van der Waals surface area contributed by atoms with E-state index < -0.39 is 12.1 Å². The maximum absolute atomic E-state index is 12.0. The molecule has 0 bridgehead atoms. The highest BCUT2D eigenvalue weighted by Crippen LogP contribution is 2.24. The molecule has 0 spiro atoms. The van der Waals surface area contributed by atoms with E-state index in [1.54, 1.807) is 20.8 Å². The van der Waals surface area contributed by atoms with E-state index in [2.05, 4.69) is 10.3 Å². The Bertz CT molecular complexity index is 520. The standard InChI is InChI=1S/C15H24N2O4/c1-6-8(2)16-12(19)7-21-15(20)14-9(3)13(11(5)18)10(4)17-14/h8,11,17-18H,6-7H2,1-5H3,(H,16,19)/t8-,11-/m1/s1. The Labute approximate surface area is 124 Å². The third-order valence-electron chi connectivity index (χ3n) is 3.47. The zero-order chi connectivity index (χ0) is 16.2. The van der Waals surface area contributed by atoms with Crippen molar-refractivity contribution in [2.75, 3.05) is 6.61 Å². The van der Waals surface area contributed by atoms with Crippen molar-refractivity contribution in [3.05, 3.63) is 22.5 Å². The summed E-state index contributed by atoms with van der Waals surface area (Å²) in [6, 6.07) is 0.0486. The monoisotopic (exact) mass is 296 g/mol. The van der Waals surface area contributed by atoms with Crippen molar-refractivity contribution >= 4 is 11.9 Å². The van der Waals surface area contributed by atoms with Gasteiger partial charge in [-0.25, -0.2) is 4.79 Å². The molecule has 0 saturated heterocycles. The molecular formula is C15H24N2O4. The van der Waals surface area contributed by atoms with Gasteiger partial charge < -0.3 is 20.1 Å². The van der Waals surface area contributed by atoms with E-state index >= 15 is 0 Å². The number of hydrogen-bond donors (Lipinski definition) is 3. The van der Waals surface area contributed by atoms with Gasteiger partial charge in [-0.05, 0) is 39.7 Å². The Kier molecular flexibility index (Phi) is 5.96. The maximum Gasteiger partial charge on any atom is 0.355 e.